The van der Waals surface area contributed by atoms with Gasteiger partial charge in [0, 0.05) is 9.79 Å². The van der Waals surface area contributed by atoms with Crippen molar-refractivity contribution < 1.29 is 0 Å². The van der Waals surface area contributed by atoms with Gasteiger partial charge in [-0.05, 0) is 61.0 Å². The maximum atomic E-state index is 5.00. The molecule has 146 valence electrons. The molecule has 0 saturated carbocycles. The zero-order valence-corrected chi connectivity index (χ0v) is 17.4. The fraction of sp³-hybridized carbons (Fsp3) is 0.0385. The number of anilines is 4. The molecule has 4 aromatic carbocycles. The summed E-state index contributed by atoms with van der Waals surface area (Å²) in [5, 5.41) is 10.6. The highest BCUT2D eigenvalue weighted by atomic mass is 32.2. The average Bonchev–Trinajstić information content (AvgIpc) is 2.81. The van der Waals surface area contributed by atoms with Crippen LogP contribution < -0.4 is 10.3 Å². The number of fused-ring (bicyclic) bond motifs is 2. The highest BCUT2D eigenvalue weighted by molar-refractivity contribution is 7.99. The minimum atomic E-state index is 0.955. The largest absolute Gasteiger partial charge is 0.354 e. The third-order valence-corrected chi connectivity index (χ3v) is 6.18. The summed E-state index contributed by atoms with van der Waals surface area (Å²) in [6.45, 7) is 2.06. The second-order valence-electron chi connectivity index (χ2n) is 7.10. The summed E-state index contributed by atoms with van der Waals surface area (Å²) >= 11 is 1.80. The quantitative estimate of drug-likeness (QED) is 0.247. The van der Waals surface area contributed by atoms with E-state index in [4.69, 9.17) is 5.10 Å². The van der Waals surface area contributed by atoms with Crippen molar-refractivity contribution in [2.75, 3.05) is 10.3 Å². The Balaban J connectivity index is 1.51. The van der Waals surface area contributed by atoms with Crippen LogP contribution in [-0.4, -0.2) is 5.71 Å². The molecular weight excluding hydrogens is 386 g/mol. The Kier molecular flexibility index (Phi) is 4.99. The van der Waals surface area contributed by atoms with Gasteiger partial charge < -0.3 is 5.32 Å². The maximum Gasteiger partial charge on any atom is 0.0656 e. The summed E-state index contributed by atoms with van der Waals surface area (Å²) in [4.78, 5) is 2.48. The summed E-state index contributed by atoms with van der Waals surface area (Å²) in [6.07, 6.45) is 0. The standard InChI is InChI=1S/C26H21N3S/c1-19(28-29(21-10-4-2-5-11-21)22-12-6-3-7-13-22)20-16-17-26-24(18-20)27-23-14-8-9-15-25(23)30-26/h2-18,27H,1H3/b28-19+. The fourth-order valence-electron chi connectivity index (χ4n) is 3.47. The van der Waals surface area contributed by atoms with Crippen LogP contribution in [0.1, 0.15) is 12.5 Å². The predicted octanol–water partition coefficient (Wildman–Crippen LogP) is 7.46. The number of hydrogen-bond acceptors (Lipinski definition) is 4. The molecule has 0 amide bonds. The van der Waals surface area contributed by atoms with Crippen molar-refractivity contribution in [3.8, 4) is 0 Å². The third-order valence-electron chi connectivity index (χ3n) is 5.03. The Hall–Kier alpha value is -3.50. The molecule has 1 aliphatic rings. The fourth-order valence-corrected chi connectivity index (χ4v) is 4.44. The summed E-state index contributed by atoms with van der Waals surface area (Å²) in [7, 11) is 0. The molecule has 1 N–H and O–H groups in total. The number of benzene rings is 4. The van der Waals surface area contributed by atoms with Crippen LogP contribution in [0.5, 0.6) is 0 Å². The molecule has 1 heterocycles. The molecule has 0 unspecified atom stereocenters. The maximum absolute atomic E-state index is 5.00. The summed E-state index contributed by atoms with van der Waals surface area (Å²) in [5.74, 6) is 0. The van der Waals surface area contributed by atoms with Crippen LogP contribution in [0.4, 0.5) is 22.7 Å². The molecule has 0 saturated heterocycles. The van der Waals surface area contributed by atoms with Gasteiger partial charge in [-0.3, -0.25) is 0 Å². The Morgan fingerprint density at radius 2 is 1.30 bits per heavy atom. The van der Waals surface area contributed by atoms with E-state index in [0.29, 0.717) is 0 Å². The van der Waals surface area contributed by atoms with Crippen LogP contribution in [0.15, 0.2) is 118 Å². The van der Waals surface area contributed by atoms with E-state index >= 15 is 0 Å². The average molecular weight is 408 g/mol. The Morgan fingerprint density at radius 3 is 2.00 bits per heavy atom. The van der Waals surface area contributed by atoms with Gasteiger partial charge >= 0.3 is 0 Å². The van der Waals surface area contributed by atoms with Crippen molar-refractivity contribution in [3.63, 3.8) is 0 Å². The molecule has 0 bridgehead atoms. The second kappa shape index (κ2) is 8.09. The normalized spacial score (nSPS) is 12.5. The summed E-state index contributed by atoms with van der Waals surface area (Å²) in [5.41, 5.74) is 6.38. The first-order valence-electron chi connectivity index (χ1n) is 9.92. The Morgan fingerprint density at radius 1 is 0.700 bits per heavy atom. The second-order valence-corrected chi connectivity index (χ2v) is 8.19. The first-order chi connectivity index (χ1) is 14.8. The number of nitrogens with zero attached hydrogens (tertiary/aromatic N) is 2. The molecule has 0 aliphatic carbocycles. The van der Waals surface area contributed by atoms with Gasteiger partial charge in [-0.1, -0.05) is 66.4 Å². The van der Waals surface area contributed by atoms with E-state index in [1.807, 2.05) is 41.4 Å². The van der Waals surface area contributed by atoms with Gasteiger partial charge in [0.25, 0.3) is 0 Å². The monoisotopic (exact) mass is 407 g/mol. The molecule has 0 spiro atoms. The molecule has 30 heavy (non-hydrogen) atoms. The van der Waals surface area contributed by atoms with Crippen LogP contribution in [0.3, 0.4) is 0 Å². The zero-order valence-electron chi connectivity index (χ0n) is 16.6. The van der Waals surface area contributed by atoms with Gasteiger partial charge in [0.2, 0.25) is 0 Å². The number of rotatable bonds is 4. The van der Waals surface area contributed by atoms with Gasteiger partial charge in [0.15, 0.2) is 0 Å². The molecule has 4 heteroatoms. The van der Waals surface area contributed by atoms with E-state index in [9.17, 15) is 0 Å². The van der Waals surface area contributed by atoms with Crippen LogP contribution in [0.2, 0.25) is 0 Å². The number of hydrazone groups is 1. The molecule has 0 aromatic heterocycles. The lowest BCUT2D eigenvalue weighted by Crippen LogP contribution is -2.12. The lowest BCUT2D eigenvalue weighted by atomic mass is 10.1. The lowest BCUT2D eigenvalue weighted by Gasteiger charge is -2.22. The van der Waals surface area contributed by atoms with Gasteiger partial charge in [0.1, 0.15) is 0 Å². The molecule has 1 aliphatic heterocycles. The minimum Gasteiger partial charge on any atom is -0.354 e. The molecule has 0 atom stereocenters. The van der Waals surface area contributed by atoms with Gasteiger partial charge in [-0.2, -0.15) is 5.10 Å². The van der Waals surface area contributed by atoms with Crippen LogP contribution in [-0.2, 0) is 0 Å². The first kappa shape index (κ1) is 18.5. The van der Waals surface area contributed by atoms with E-state index in [2.05, 4.69) is 79.0 Å². The van der Waals surface area contributed by atoms with Crippen LogP contribution >= 0.6 is 11.8 Å². The summed E-state index contributed by atoms with van der Waals surface area (Å²) in [6, 6.07) is 35.4. The Labute approximate surface area is 181 Å². The number of hydrogen-bond donors (Lipinski definition) is 1. The van der Waals surface area contributed by atoms with E-state index < -0.39 is 0 Å². The first-order valence-corrected chi connectivity index (χ1v) is 10.7. The van der Waals surface area contributed by atoms with E-state index in [1.165, 1.54) is 9.79 Å². The van der Waals surface area contributed by atoms with Gasteiger partial charge in [-0.25, -0.2) is 5.01 Å². The lowest BCUT2D eigenvalue weighted by molar-refractivity contribution is 1.08. The smallest absolute Gasteiger partial charge is 0.0656 e. The van der Waals surface area contributed by atoms with Crippen molar-refractivity contribution >= 4 is 40.2 Å². The molecule has 5 rings (SSSR count). The zero-order chi connectivity index (χ0) is 20.3. The van der Waals surface area contributed by atoms with Gasteiger partial charge in [-0.15, -0.1) is 0 Å². The highest BCUT2D eigenvalue weighted by Crippen LogP contribution is 2.44. The summed E-state index contributed by atoms with van der Waals surface area (Å²) < 4.78 is 0. The van der Waals surface area contributed by atoms with Gasteiger partial charge in [0.05, 0.1) is 28.5 Å². The molecule has 3 nitrogen and oxygen atoms in total. The molecular formula is C26H21N3S. The SMILES string of the molecule is C/C(=N\N(c1ccccc1)c1ccccc1)c1ccc2c(c1)Nc1ccccc1S2. The van der Waals surface area contributed by atoms with Crippen molar-refractivity contribution in [1.29, 1.82) is 0 Å². The van der Waals surface area contributed by atoms with Crippen molar-refractivity contribution in [1.82, 2.24) is 0 Å². The van der Waals surface area contributed by atoms with Crippen molar-refractivity contribution in [2.24, 2.45) is 5.10 Å². The Bertz CT molecular complexity index is 1160. The topological polar surface area (TPSA) is 27.6 Å². The van der Waals surface area contributed by atoms with Crippen LogP contribution in [0, 0.1) is 0 Å². The van der Waals surface area contributed by atoms with Crippen LogP contribution in [0.25, 0.3) is 0 Å². The van der Waals surface area contributed by atoms with E-state index in [-0.39, 0.29) is 0 Å². The number of para-hydroxylation sites is 3. The van der Waals surface area contributed by atoms with Crippen molar-refractivity contribution in [3.05, 3.63) is 109 Å². The minimum absolute atomic E-state index is 0.955. The van der Waals surface area contributed by atoms with E-state index in [0.717, 1.165) is 34.0 Å². The number of nitrogens with one attached hydrogen (secondary N) is 1. The van der Waals surface area contributed by atoms with E-state index in [1.54, 1.807) is 11.8 Å². The molecule has 4 aromatic rings. The predicted molar refractivity (Wildman–Crippen MR) is 128 cm³/mol. The van der Waals surface area contributed by atoms with Crippen molar-refractivity contribution in [2.45, 2.75) is 16.7 Å². The molecule has 0 radical (unpaired) electrons. The third kappa shape index (κ3) is 3.70. The highest BCUT2D eigenvalue weighted by Gasteiger charge is 2.16. The molecule has 0 fully saturated rings.